The van der Waals surface area contributed by atoms with E-state index in [-0.39, 0.29) is 11.2 Å². The number of aromatic nitrogens is 2. The number of ether oxygens (including phenoxy) is 1. The van der Waals surface area contributed by atoms with Gasteiger partial charge in [0.25, 0.3) is 5.88 Å². The van der Waals surface area contributed by atoms with Crippen molar-refractivity contribution in [2.24, 2.45) is 0 Å². The number of hydrogen-bond donors (Lipinski definition) is 0. The van der Waals surface area contributed by atoms with Crippen molar-refractivity contribution in [1.82, 2.24) is 14.9 Å². The van der Waals surface area contributed by atoms with Crippen LogP contribution in [-0.4, -0.2) is 41.1 Å². The van der Waals surface area contributed by atoms with E-state index in [0.717, 1.165) is 0 Å². The van der Waals surface area contributed by atoms with E-state index in [1.54, 1.807) is 0 Å². The molecule has 0 unspecified atom stereocenters. The molecule has 1 aromatic rings. The number of likely N-dealkylation sites (N-methyl/N-ethyl adjacent to an activating group) is 1. The van der Waals surface area contributed by atoms with Gasteiger partial charge in [0.05, 0.1) is 0 Å². The van der Waals surface area contributed by atoms with Gasteiger partial charge in [-0.2, -0.15) is 5.26 Å². The Hall–Kier alpha value is -1.67. The molecule has 0 saturated heterocycles. The molecular formula is C11H16N4O. The molecule has 0 saturated carbocycles. The monoisotopic (exact) mass is 220 g/mol. The average molecular weight is 220 g/mol. The van der Waals surface area contributed by atoms with Crippen molar-refractivity contribution in [2.75, 3.05) is 20.7 Å². The quantitative estimate of drug-likeness (QED) is 0.759. The van der Waals surface area contributed by atoms with Gasteiger partial charge in [0, 0.05) is 17.9 Å². The molecule has 0 aromatic carbocycles. The van der Waals surface area contributed by atoms with Crippen molar-refractivity contribution in [3.63, 3.8) is 0 Å². The van der Waals surface area contributed by atoms with Gasteiger partial charge in [-0.25, -0.2) is 9.97 Å². The Labute approximate surface area is 95.7 Å². The highest BCUT2D eigenvalue weighted by molar-refractivity contribution is 5.29. The summed E-state index contributed by atoms with van der Waals surface area (Å²) in [6.07, 6.45) is 2.99. The second-order valence-corrected chi connectivity index (χ2v) is 4.32. The first-order chi connectivity index (χ1) is 7.47. The van der Waals surface area contributed by atoms with E-state index in [2.05, 4.69) is 28.7 Å². The number of hydrogen-bond acceptors (Lipinski definition) is 5. The first kappa shape index (κ1) is 12.4. The summed E-state index contributed by atoms with van der Waals surface area (Å²) in [7, 11) is 3.95. The molecule has 0 radical (unpaired) electrons. The molecule has 1 aromatic heterocycles. The van der Waals surface area contributed by atoms with E-state index in [1.807, 2.05) is 20.2 Å². The van der Waals surface area contributed by atoms with Gasteiger partial charge in [0.1, 0.15) is 12.7 Å². The summed E-state index contributed by atoms with van der Waals surface area (Å²) >= 11 is 0. The largest absolute Gasteiger partial charge is 0.474 e. The third-order valence-corrected chi connectivity index (χ3v) is 2.54. The Morgan fingerprint density at radius 2 is 2.00 bits per heavy atom. The van der Waals surface area contributed by atoms with Gasteiger partial charge in [-0.3, -0.25) is 0 Å². The van der Waals surface area contributed by atoms with E-state index in [4.69, 9.17) is 10.00 Å². The minimum Gasteiger partial charge on any atom is -0.474 e. The lowest BCUT2D eigenvalue weighted by atomic mass is 10.1. The van der Waals surface area contributed by atoms with Crippen LogP contribution >= 0.6 is 0 Å². The molecule has 1 heterocycles. The predicted molar refractivity (Wildman–Crippen MR) is 60.0 cm³/mol. The molecule has 0 fully saturated rings. The van der Waals surface area contributed by atoms with Crippen LogP contribution in [0, 0.1) is 11.3 Å². The molecular weight excluding hydrogens is 204 g/mol. The third-order valence-electron chi connectivity index (χ3n) is 2.54. The van der Waals surface area contributed by atoms with Crippen LogP contribution in [0.15, 0.2) is 12.4 Å². The van der Waals surface area contributed by atoms with Crippen molar-refractivity contribution < 1.29 is 4.74 Å². The van der Waals surface area contributed by atoms with Crippen molar-refractivity contribution >= 4 is 0 Å². The molecule has 16 heavy (non-hydrogen) atoms. The summed E-state index contributed by atoms with van der Waals surface area (Å²) in [6.45, 7) is 4.55. The third kappa shape index (κ3) is 2.91. The lowest BCUT2D eigenvalue weighted by molar-refractivity contribution is 0.110. The van der Waals surface area contributed by atoms with Crippen LogP contribution < -0.4 is 4.74 Å². The highest BCUT2D eigenvalue weighted by Crippen LogP contribution is 2.15. The maximum Gasteiger partial charge on any atom is 0.251 e. The van der Waals surface area contributed by atoms with Crippen LogP contribution in [0.4, 0.5) is 0 Å². The number of nitriles is 1. The maximum absolute atomic E-state index is 8.81. The Kier molecular flexibility index (Phi) is 3.80. The molecule has 0 aliphatic rings. The van der Waals surface area contributed by atoms with Crippen LogP contribution in [-0.2, 0) is 0 Å². The van der Waals surface area contributed by atoms with Gasteiger partial charge in [0.2, 0.25) is 5.69 Å². The van der Waals surface area contributed by atoms with Crippen molar-refractivity contribution in [2.45, 2.75) is 19.4 Å². The fourth-order valence-electron chi connectivity index (χ4n) is 0.882. The summed E-state index contributed by atoms with van der Waals surface area (Å²) in [4.78, 5) is 9.92. The fraction of sp³-hybridized carbons (Fsp3) is 0.545. The predicted octanol–water partition coefficient (Wildman–Crippen LogP) is 1.07. The minimum atomic E-state index is -0.121. The first-order valence-corrected chi connectivity index (χ1v) is 4.98. The van der Waals surface area contributed by atoms with Crippen LogP contribution in [0.1, 0.15) is 19.5 Å². The van der Waals surface area contributed by atoms with E-state index in [1.165, 1.54) is 12.4 Å². The fourth-order valence-corrected chi connectivity index (χ4v) is 0.882. The highest BCUT2D eigenvalue weighted by Gasteiger charge is 2.22. The Bertz CT molecular complexity index is 395. The Balaban J connectivity index is 2.72. The summed E-state index contributed by atoms with van der Waals surface area (Å²) in [5.41, 5.74) is 0.0987. The number of nitrogens with zero attached hydrogens (tertiary/aromatic N) is 4. The van der Waals surface area contributed by atoms with E-state index < -0.39 is 0 Å². The van der Waals surface area contributed by atoms with Gasteiger partial charge >= 0.3 is 0 Å². The van der Waals surface area contributed by atoms with E-state index in [9.17, 15) is 0 Å². The molecule has 0 spiro atoms. The lowest BCUT2D eigenvalue weighted by Crippen LogP contribution is -2.43. The summed E-state index contributed by atoms with van der Waals surface area (Å²) in [6, 6.07) is 1.95. The van der Waals surface area contributed by atoms with Gasteiger partial charge in [-0.1, -0.05) is 0 Å². The van der Waals surface area contributed by atoms with Crippen molar-refractivity contribution in [3.8, 4) is 11.9 Å². The van der Waals surface area contributed by atoms with E-state index >= 15 is 0 Å². The zero-order chi connectivity index (χ0) is 12.2. The average Bonchev–Trinajstić information content (AvgIpc) is 2.26. The van der Waals surface area contributed by atoms with Crippen LogP contribution in [0.2, 0.25) is 0 Å². The Morgan fingerprint density at radius 3 is 2.56 bits per heavy atom. The molecule has 0 N–H and O–H groups in total. The summed E-state index contributed by atoms with van der Waals surface area (Å²) in [5, 5.41) is 8.81. The van der Waals surface area contributed by atoms with Crippen LogP contribution in [0.3, 0.4) is 0 Å². The molecule has 5 heteroatoms. The highest BCUT2D eigenvalue weighted by atomic mass is 16.5. The zero-order valence-electron chi connectivity index (χ0n) is 10.1. The summed E-state index contributed by atoms with van der Waals surface area (Å²) in [5.74, 6) is 0.292. The first-order valence-electron chi connectivity index (χ1n) is 4.98. The van der Waals surface area contributed by atoms with Crippen LogP contribution in [0.5, 0.6) is 5.88 Å². The normalized spacial score (nSPS) is 11.2. The Morgan fingerprint density at radius 1 is 1.38 bits per heavy atom. The zero-order valence-corrected chi connectivity index (χ0v) is 10.1. The van der Waals surface area contributed by atoms with Crippen molar-refractivity contribution in [1.29, 1.82) is 5.26 Å². The molecule has 1 rings (SSSR count). The van der Waals surface area contributed by atoms with Gasteiger partial charge < -0.3 is 9.64 Å². The standard InChI is InChI=1S/C11H16N4O/c1-11(2,15(3)4)8-16-10-9(7-12)13-5-6-14-10/h5-6H,8H2,1-4H3. The molecule has 0 aliphatic heterocycles. The minimum absolute atomic E-state index is 0.121. The molecule has 0 aliphatic carbocycles. The molecule has 0 bridgehead atoms. The SMILES string of the molecule is CN(C)C(C)(C)COc1nccnc1C#N. The number of rotatable bonds is 4. The molecule has 0 amide bonds. The molecule has 86 valence electrons. The second-order valence-electron chi connectivity index (χ2n) is 4.32. The van der Waals surface area contributed by atoms with Crippen molar-refractivity contribution in [3.05, 3.63) is 18.1 Å². The molecule has 5 nitrogen and oxygen atoms in total. The topological polar surface area (TPSA) is 62.0 Å². The maximum atomic E-state index is 8.81. The van der Waals surface area contributed by atoms with Gasteiger partial charge in [-0.05, 0) is 27.9 Å². The van der Waals surface area contributed by atoms with Gasteiger partial charge in [-0.15, -0.1) is 0 Å². The smallest absolute Gasteiger partial charge is 0.251 e. The molecule has 0 atom stereocenters. The van der Waals surface area contributed by atoms with Crippen LogP contribution in [0.25, 0.3) is 0 Å². The summed E-state index contributed by atoms with van der Waals surface area (Å²) < 4.78 is 5.52. The van der Waals surface area contributed by atoms with E-state index in [0.29, 0.717) is 12.5 Å². The van der Waals surface area contributed by atoms with Gasteiger partial charge in [0.15, 0.2) is 0 Å². The second kappa shape index (κ2) is 4.90. The lowest BCUT2D eigenvalue weighted by Gasteiger charge is -2.31.